The summed E-state index contributed by atoms with van der Waals surface area (Å²) in [6, 6.07) is 21.0. The zero-order valence-electron chi connectivity index (χ0n) is 12.0. The maximum absolute atomic E-state index is 6.40. The molecule has 1 nitrogen and oxygen atoms in total. The van der Waals surface area contributed by atoms with Crippen molar-refractivity contribution in [2.45, 2.75) is 25.9 Å². The molecule has 1 unspecified atom stereocenters. The van der Waals surface area contributed by atoms with Gasteiger partial charge in [0.2, 0.25) is 0 Å². The van der Waals surface area contributed by atoms with E-state index in [1.54, 1.807) is 0 Å². The van der Waals surface area contributed by atoms with E-state index in [-0.39, 0.29) is 6.10 Å². The summed E-state index contributed by atoms with van der Waals surface area (Å²) in [5.41, 5.74) is 0. The van der Waals surface area contributed by atoms with Crippen LogP contribution in [0.1, 0.15) is 19.8 Å². The molecule has 0 saturated carbocycles. The van der Waals surface area contributed by atoms with Crippen LogP contribution in [-0.4, -0.2) is 15.1 Å². The van der Waals surface area contributed by atoms with Gasteiger partial charge in [0.1, 0.15) is 0 Å². The van der Waals surface area contributed by atoms with Crippen LogP contribution in [0.2, 0.25) is 0 Å². The normalized spacial score (nSPS) is 12.3. The zero-order chi connectivity index (χ0) is 14.2. The largest absolute Gasteiger partial charge is 0.401 e. The van der Waals surface area contributed by atoms with Crippen LogP contribution in [0.15, 0.2) is 73.3 Å². The van der Waals surface area contributed by atoms with Crippen molar-refractivity contribution in [1.82, 2.24) is 0 Å². The van der Waals surface area contributed by atoms with Crippen LogP contribution >= 0.6 is 0 Å². The van der Waals surface area contributed by atoms with E-state index in [0.717, 1.165) is 12.8 Å². The van der Waals surface area contributed by atoms with Crippen molar-refractivity contribution in [3.05, 3.63) is 73.3 Å². The van der Waals surface area contributed by atoms with Gasteiger partial charge < -0.3 is 4.43 Å². The molecule has 0 N–H and O–H groups in total. The SMILES string of the molecule is C=CC(CCC)O[Si](c1ccccc1)c1ccccc1. The first-order valence-electron chi connectivity index (χ1n) is 7.12. The number of hydrogen-bond donors (Lipinski definition) is 0. The smallest absolute Gasteiger partial charge is 0.283 e. The molecule has 0 bridgehead atoms. The molecule has 0 heterocycles. The van der Waals surface area contributed by atoms with E-state index in [1.807, 2.05) is 18.2 Å². The Labute approximate surface area is 123 Å². The first kappa shape index (κ1) is 14.8. The van der Waals surface area contributed by atoms with Crippen molar-refractivity contribution in [1.29, 1.82) is 0 Å². The fraction of sp³-hybridized carbons (Fsp3) is 0.222. The van der Waals surface area contributed by atoms with E-state index in [4.69, 9.17) is 4.43 Å². The summed E-state index contributed by atoms with van der Waals surface area (Å²) in [6.07, 6.45) is 4.20. The van der Waals surface area contributed by atoms with Gasteiger partial charge in [-0.1, -0.05) is 80.1 Å². The van der Waals surface area contributed by atoms with Crippen LogP contribution in [-0.2, 0) is 4.43 Å². The van der Waals surface area contributed by atoms with Gasteiger partial charge in [0.25, 0.3) is 9.04 Å². The molecule has 103 valence electrons. The molecular formula is C18H21OSi. The Kier molecular flexibility index (Phi) is 5.78. The lowest BCUT2D eigenvalue weighted by Crippen LogP contribution is -2.46. The number of hydrogen-bond acceptors (Lipinski definition) is 1. The number of rotatable bonds is 7. The van der Waals surface area contributed by atoms with Gasteiger partial charge in [-0.15, -0.1) is 6.58 Å². The lowest BCUT2D eigenvalue weighted by molar-refractivity contribution is 0.248. The second kappa shape index (κ2) is 7.83. The fourth-order valence-electron chi connectivity index (χ4n) is 2.14. The van der Waals surface area contributed by atoms with Crippen LogP contribution in [0.3, 0.4) is 0 Å². The third-order valence-electron chi connectivity index (χ3n) is 3.18. The van der Waals surface area contributed by atoms with Crippen LogP contribution in [0.4, 0.5) is 0 Å². The summed E-state index contributed by atoms with van der Waals surface area (Å²) in [7, 11) is -1.20. The third kappa shape index (κ3) is 3.92. The second-order valence-electron chi connectivity index (χ2n) is 4.74. The fourth-order valence-corrected chi connectivity index (χ4v) is 4.26. The Balaban J connectivity index is 2.27. The standard InChI is InChI=1S/C18H21OSi/c1-3-11-16(4-2)19-20(17-12-7-5-8-13-17)18-14-9-6-10-15-18/h4-10,12-16H,2-3,11H2,1H3. The van der Waals surface area contributed by atoms with Crippen molar-refractivity contribution in [2.24, 2.45) is 0 Å². The van der Waals surface area contributed by atoms with Gasteiger partial charge in [-0.05, 0) is 16.8 Å². The average Bonchev–Trinajstić information content (AvgIpc) is 2.53. The maximum atomic E-state index is 6.40. The van der Waals surface area contributed by atoms with Crippen LogP contribution in [0.5, 0.6) is 0 Å². The summed E-state index contributed by atoms with van der Waals surface area (Å²) in [5.74, 6) is 0. The molecule has 2 rings (SSSR count). The van der Waals surface area contributed by atoms with Gasteiger partial charge in [-0.3, -0.25) is 0 Å². The molecule has 0 aromatic heterocycles. The quantitative estimate of drug-likeness (QED) is 0.559. The highest BCUT2D eigenvalue weighted by Crippen LogP contribution is 2.06. The molecule has 2 aromatic rings. The van der Waals surface area contributed by atoms with Crippen molar-refractivity contribution in [3.63, 3.8) is 0 Å². The van der Waals surface area contributed by atoms with Crippen molar-refractivity contribution < 1.29 is 4.43 Å². The van der Waals surface area contributed by atoms with Crippen LogP contribution in [0, 0.1) is 0 Å². The summed E-state index contributed by atoms with van der Waals surface area (Å²) in [6.45, 7) is 6.09. The number of benzene rings is 2. The minimum absolute atomic E-state index is 0.134. The Bertz CT molecular complexity index is 470. The molecule has 0 aliphatic heterocycles. The first-order valence-corrected chi connectivity index (χ1v) is 8.53. The van der Waals surface area contributed by atoms with Crippen molar-refractivity contribution in [2.75, 3.05) is 0 Å². The van der Waals surface area contributed by atoms with E-state index in [9.17, 15) is 0 Å². The highest BCUT2D eigenvalue weighted by Gasteiger charge is 2.21. The zero-order valence-corrected chi connectivity index (χ0v) is 13.0. The van der Waals surface area contributed by atoms with Crippen LogP contribution in [0.25, 0.3) is 0 Å². The molecule has 0 aliphatic carbocycles. The van der Waals surface area contributed by atoms with Crippen molar-refractivity contribution in [3.8, 4) is 0 Å². The van der Waals surface area contributed by atoms with Gasteiger partial charge in [0.05, 0.1) is 6.10 Å². The molecule has 20 heavy (non-hydrogen) atoms. The highest BCUT2D eigenvalue weighted by molar-refractivity contribution is 6.80. The van der Waals surface area contributed by atoms with E-state index >= 15 is 0 Å². The minimum Gasteiger partial charge on any atom is -0.401 e. The van der Waals surface area contributed by atoms with E-state index in [0.29, 0.717) is 0 Å². The molecule has 2 heteroatoms. The van der Waals surface area contributed by atoms with Gasteiger partial charge in [-0.2, -0.15) is 0 Å². The van der Waals surface area contributed by atoms with E-state index in [1.165, 1.54) is 10.4 Å². The van der Waals surface area contributed by atoms with Gasteiger partial charge in [0.15, 0.2) is 0 Å². The molecule has 1 radical (unpaired) electrons. The van der Waals surface area contributed by atoms with E-state index < -0.39 is 9.04 Å². The molecule has 1 atom stereocenters. The molecular weight excluding hydrogens is 260 g/mol. The van der Waals surface area contributed by atoms with Crippen molar-refractivity contribution >= 4 is 19.4 Å². The summed E-state index contributed by atoms with van der Waals surface area (Å²) >= 11 is 0. The minimum atomic E-state index is -1.20. The monoisotopic (exact) mass is 281 g/mol. The van der Waals surface area contributed by atoms with E-state index in [2.05, 4.69) is 62.0 Å². The predicted octanol–water partition coefficient (Wildman–Crippen LogP) is 3.16. The predicted molar refractivity (Wildman–Crippen MR) is 87.9 cm³/mol. The lowest BCUT2D eigenvalue weighted by Gasteiger charge is -2.21. The van der Waals surface area contributed by atoms with Gasteiger partial charge >= 0.3 is 0 Å². The molecule has 0 amide bonds. The Morgan fingerprint density at radius 3 is 1.90 bits per heavy atom. The Morgan fingerprint density at radius 1 is 1.00 bits per heavy atom. The second-order valence-corrected chi connectivity index (χ2v) is 6.79. The van der Waals surface area contributed by atoms with Crippen LogP contribution < -0.4 is 10.4 Å². The highest BCUT2D eigenvalue weighted by atomic mass is 28.3. The summed E-state index contributed by atoms with van der Waals surface area (Å²) in [4.78, 5) is 0. The molecule has 0 spiro atoms. The average molecular weight is 281 g/mol. The Morgan fingerprint density at radius 2 is 1.50 bits per heavy atom. The third-order valence-corrected chi connectivity index (χ3v) is 5.43. The Hall–Kier alpha value is -1.64. The van der Waals surface area contributed by atoms with Gasteiger partial charge in [-0.25, -0.2) is 0 Å². The molecule has 0 fully saturated rings. The first-order chi connectivity index (χ1) is 9.85. The molecule has 0 aliphatic rings. The summed E-state index contributed by atoms with van der Waals surface area (Å²) < 4.78 is 6.40. The van der Waals surface area contributed by atoms with Gasteiger partial charge in [0, 0.05) is 0 Å². The molecule has 0 saturated heterocycles. The maximum Gasteiger partial charge on any atom is 0.283 e. The topological polar surface area (TPSA) is 9.23 Å². The lowest BCUT2D eigenvalue weighted by atomic mass is 10.2. The molecule has 2 aromatic carbocycles. The summed E-state index contributed by atoms with van der Waals surface area (Å²) in [5, 5.41) is 2.57.